The second-order valence-electron chi connectivity index (χ2n) is 8.19. The van der Waals surface area contributed by atoms with E-state index in [1.54, 1.807) is 34.9 Å². The van der Waals surface area contributed by atoms with E-state index in [1.807, 2.05) is 0 Å². The van der Waals surface area contributed by atoms with Gasteiger partial charge in [-0.2, -0.15) is 0 Å². The maximum Gasteiger partial charge on any atom is 0.573 e. The van der Waals surface area contributed by atoms with Gasteiger partial charge in [-0.1, -0.05) is 24.3 Å². The molecule has 1 aliphatic rings. The number of carbonyl (C=O) groups excluding carboxylic acids is 2. The van der Waals surface area contributed by atoms with Crippen LogP contribution in [0.5, 0.6) is 5.75 Å². The van der Waals surface area contributed by atoms with Crippen LogP contribution in [0.1, 0.15) is 35.4 Å². The third-order valence-electron chi connectivity index (χ3n) is 5.47. The highest BCUT2D eigenvalue weighted by atomic mass is 19.4. The van der Waals surface area contributed by atoms with Crippen molar-refractivity contribution in [3.05, 3.63) is 77.9 Å². The number of halogens is 3. The fourth-order valence-electron chi connectivity index (χ4n) is 3.67. The first-order chi connectivity index (χ1) is 18.0. The third kappa shape index (κ3) is 6.08. The molecule has 2 atom stereocenters. The topological polar surface area (TPSA) is 147 Å². The zero-order valence-corrected chi connectivity index (χ0v) is 19.7. The SMILES string of the molecule is C[C@H](NC(=O)c1cccn2c(C3C=CC(NC(=O)Nc4ccccc4OC(F)(F)F)=CC3)nnc12)C(=O)O. The van der Waals surface area contributed by atoms with Gasteiger partial charge >= 0.3 is 18.4 Å². The number of nitrogens with one attached hydrogen (secondary N) is 3. The summed E-state index contributed by atoms with van der Waals surface area (Å²) in [5.74, 6) is -2.09. The normalized spacial score (nSPS) is 15.9. The Morgan fingerprint density at radius 3 is 2.58 bits per heavy atom. The van der Waals surface area contributed by atoms with Gasteiger partial charge in [0, 0.05) is 17.8 Å². The largest absolute Gasteiger partial charge is 0.573 e. The van der Waals surface area contributed by atoms with E-state index in [-0.39, 0.29) is 22.8 Å². The molecule has 1 unspecified atom stereocenters. The molecule has 4 N–H and O–H groups in total. The van der Waals surface area contributed by atoms with Crippen molar-refractivity contribution in [2.75, 3.05) is 5.32 Å². The van der Waals surface area contributed by atoms with Gasteiger partial charge in [-0.05, 0) is 43.7 Å². The Kier molecular flexibility index (Phi) is 7.32. The number of carboxylic acids is 1. The number of pyridine rings is 1. The molecule has 3 amide bonds. The summed E-state index contributed by atoms with van der Waals surface area (Å²) in [6, 6.07) is 6.41. The molecule has 0 saturated heterocycles. The summed E-state index contributed by atoms with van der Waals surface area (Å²) < 4.78 is 43.4. The molecule has 0 saturated carbocycles. The number of hydrogen-bond donors (Lipinski definition) is 4. The van der Waals surface area contributed by atoms with Crippen LogP contribution in [0.2, 0.25) is 0 Å². The summed E-state index contributed by atoms with van der Waals surface area (Å²) in [7, 11) is 0. The second kappa shape index (κ2) is 10.6. The van der Waals surface area contributed by atoms with Crippen LogP contribution in [-0.2, 0) is 4.79 Å². The molecular formula is C24H21F3N6O5. The van der Waals surface area contributed by atoms with Gasteiger partial charge in [-0.3, -0.25) is 14.0 Å². The van der Waals surface area contributed by atoms with Crippen LogP contribution >= 0.6 is 0 Å². The number of allylic oxidation sites excluding steroid dienone is 3. The number of urea groups is 1. The zero-order valence-electron chi connectivity index (χ0n) is 19.7. The maximum absolute atomic E-state index is 12.6. The minimum absolute atomic E-state index is 0.156. The molecule has 1 aromatic carbocycles. The van der Waals surface area contributed by atoms with Crippen molar-refractivity contribution >= 4 is 29.2 Å². The van der Waals surface area contributed by atoms with E-state index < -0.39 is 36.1 Å². The van der Waals surface area contributed by atoms with E-state index in [4.69, 9.17) is 5.11 Å². The minimum atomic E-state index is -4.91. The number of anilines is 1. The monoisotopic (exact) mass is 530 g/mol. The highest BCUT2D eigenvalue weighted by molar-refractivity contribution is 6.01. The van der Waals surface area contributed by atoms with Crippen LogP contribution in [0.4, 0.5) is 23.7 Å². The van der Waals surface area contributed by atoms with E-state index in [1.165, 1.54) is 31.2 Å². The standard InChI is InChI=1S/C24H21F3N6O5/c1-13(22(35)36)28-21(34)16-5-4-12-33-19(31-32-20(16)33)14-8-10-15(11-9-14)29-23(37)30-17-6-2-3-7-18(17)38-24(25,26)27/h2-8,10-14H,9H2,1H3,(H,28,34)(H,35,36)(H2,29,30,37)/t13-,14?/m0/s1. The Morgan fingerprint density at radius 2 is 1.89 bits per heavy atom. The van der Waals surface area contributed by atoms with Gasteiger partial charge in [-0.25, -0.2) is 4.79 Å². The summed E-state index contributed by atoms with van der Waals surface area (Å²) in [5, 5.41) is 24.6. The van der Waals surface area contributed by atoms with Gasteiger partial charge < -0.3 is 25.8 Å². The zero-order chi connectivity index (χ0) is 27.4. The Balaban J connectivity index is 1.42. The Hall–Kier alpha value is -4.88. The molecule has 0 aliphatic heterocycles. The molecule has 2 aromatic heterocycles. The molecule has 14 heteroatoms. The fourth-order valence-corrected chi connectivity index (χ4v) is 3.67. The Bertz CT molecular complexity index is 1450. The molecule has 0 fully saturated rings. The number of aliphatic carboxylic acids is 1. The molecule has 3 aromatic rings. The Morgan fingerprint density at radius 1 is 1.13 bits per heavy atom. The lowest BCUT2D eigenvalue weighted by molar-refractivity contribution is -0.274. The van der Waals surface area contributed by atoms with Crippen molar-refractivity contribution in [1.29, 1.82) is 0 Å². The van der Waals surface area contributed by atoms with Crippen molar-refractivity contribution in [2.45, 2.75) is 31.7 Å². The molecular weight excluding hydrogens is 509 g/mol. The number of nitrogens with zero attached hydrogens (tertiary/aromatic N) is 3. The first-order valence-corrected chi connectivity index (χ1v) is 11.2. The number of para-hydroxylation sites is 2. The highest BCUT2D eigenvalue weighted by Gasteiger charge is 2.32. The van der Waals surface area contributed by atoms with Gasteiger partial charge in [0.05, 0.1) is 11.3 Å². The second-order valence-corrected chi connectivity index (χ2v) is 8.19. The number of carboxylic acid groups (broad SMARTS) is 1. The van der Waals surface area contributed by atoms with Crippen molar-refractivity contribution in [3.8, 4) is 5.75 Å². The third-order valence-corrected chi connectivity index (χ3v) is 5.47. The number of hydrogen-bond acceptors (Lipinski definition) is 6. The molecule has 1 aliphatic carbocycles. The van der Waals surface area contributed by atoms with E-state index in [0.717, 1.165) is 6.07 Å². The van der Waals surface area contributed by atoms with Crippen LogP contribution < -0.4 is 20.7 Å². The van der Waals surface area contributed by atoms with Gasteiger partial charge in [0.25, 0.3) is 5.91 Å². The summed E-state index contributed by atoms with van der Waals surface area (Å²) in [5.41, 5.74) is 0.652. The van der Waals surface area contributed by atoms with E-state index in [0.29, 0.717) is 17.9 Å². The van der Waals surface area contributed by atoms with Crippen molar-refractivity contribution in [1.82, 2.24) is 25.2 Å². The van der Waals surface area contributed by atoms with Crippen molar-refractivity contribution in [2.24, 2.45) is 0 Å². The fraction of sp³-hybridized carbons (Fsp3) is 0.208. The molecule has 38 heavy (non-hydrogen) atoms. The molecule has 0 radical (unpaired) electrons. The van der Waals surface area contributed by atoms with E-state index in [2.05, 4.69) is 30.9 Å². The van der Waals surface area contributed by atoms with Gasteiger partial charge in [0.15, 0.2) is 11.4 Å². The molecule has 198 valence electrons. The predicted octanol–water partition coefficient (Wildman–Crippen LogP) is 3.58. The molecule has 2 heterocycles. The first-order valence-electron chi connectivity index (χ1n) is 11.2. The number of fused-ring (bicyclic) bond motifs is 1. The highest BCUT2D eigenvalue weighted by Crippen LogP contribution is 2.30. The van der Waals surface area contributed by atoms with Crippen LogP contribution in [0, 0.1) is 0 Å². The maximum atomic E-state index is 12.6. The van der Waals surface area contributed by atoms with Gasteiger partial charge in [-0.15, -0.1) is 23.4 Å². The number of aromatic nitrogens is 3. The average Bonchev–Trinajstić information content (AvgIpc) is 3.29. The lowest BCUT2D eigenvalue weighted by Gasteiger charge is -2.17. The lowest BCUT2D eigenvalue weighted by atomic mass is 9.98. The number of benzene rings is 1. The van der Waals surface area contributed by atoms with Crippen molar-refractivity contribution in [3.63, 3.8) is 0 Å². The Labute approximate surface area is 213 Å². The minimum Gasteiger partial charge on any atom is -0.480 e. The number of alkyl halides is 3. The molecule has 4 rings (SSSR count). The summed E-state index contributed by atoms with van der Waals surface area (Å²) in [6.45, 7) is 1.34. The molecule has 11 nitrogen and oxygen atoms in total. The smallest absolute Gasteiger partial charge is 0.480 e. The molecule has 0 bridgehead atoms. The number of amides is 3. The van der Waals surface area contributed by atoms with Crippen LogP contribution in [0.25, 0.3) is 5.65 Å². The number of carbonyl (C=O) groups is 3. The van der Waals surface area contributed by atoms with E-state index >= 15 is 0 Å². The van der Waals surface area contributed by atoms with Crippen molar-refractivity contribution < 1.29 is 37.4 Å². The predicted molar refractivity (Wildman–Crippen MR) is 127 cm³/mol. The van der Waals surface area contributed by atoms with Crippen LogP contribution in [-0.4, -0.2) is 50.0 Å². The lowest BCUT2D eigenvalue weighted by Crippen LogP contribution is -2.38. The first kappa shape index (κ1) is 26.2. The average molecular weight is 530 g/mol. The van der Waals surface area contributed by atoms with E-state index in [9.17, 15) is 27.6 Å². The van der Waals surface area contributed by atoms with Gasteiger partial charge in [0.1, 0.15) is 11.9 Å². The summed E-state index contributed by atoms with van der Waals surface area (Å²) in [4.78, 5) is 36.0. The van der Waals surface area contributed by atoms with Crippen LogP contribution in [0.3, 0.4) is 0 Å². The number of rotatable bonds is 7. The quantitative estimate of drug-likeness (QED) is 0.365. The summed E-state index contributed by atoms with van der Waals surface area (Å²) in [6.07, 6.45) is 2.22. The summed E-state index contributed by atoms with van der Waals surface area (Å²) >= 11 is 0. The number of ether oxygens (including phenoxy) is 1. The molecule has 0 spiro atoms. The van der Waals surface area contributed by atoms with Crippen LogP contribution in [0.15, 0.2) is 66.5 Å². The van der Waals surface area contributed by atoms with Gasteiger partial charge in [0.2, 0.25) is 0 Å².